The third-order valence-electron chi connectivity index (χ3n) is 2.90. The number of benzene rings is 1. The number of ether oxygens (including phenoxy) is 2. The van der Waals surface area contributed by atoms with Crippen LogP contribution in [0.2, 0.25) is 5.02 Å². The van der Waals surface area contributed by atoms with Gasteiger partial charge in [-0.25, -0.2) is 4.39 Å². The second-order valence-corrected chi connectivity index (χ2v) is 4.69. The normalized spacial score (nSPS) is 12.9. The molecule has 108 valence electrons. The molecule has 2 heterocycles. The summed E-state index contributed by atoms with van der Waals surface area (Å²) in [5, 5.41) is 2.82. The lowest BCUT2D eigenvalue weighted by Gasteiger charge is -2.20. The Labute approximate surface area is 124 Å². The molecule has 2 aromatic rings. The van der Waals surface area contributed by atoms with Gasteiger partial charge in [0.1, 0.15) is 13.2 Å². The highest BCUT2D eigenvalue weighted by Crippen LogP contribution is 2.38. The van der Waals surface area contributed by atoms with Crippen LogP contribution < -0.4 is 14.8 Å². The molecule has 0 fully saturated rings. The molecule has 3 rings (SSSR count). The number of aromatic nitrogens is 1. The molecule has 1 N–H and O–H groups in total. The highest BCUT2D eigenvalue weighted by molar-refractivity contribution is 6.34. The average Bonchev–Trinajstić information content (AvgIpc) is 2.48. The predicted octanol–water partition coefficient (Wildman–Crippen LogP) is 2.90. The van der Waals surface area contributed by atoms with Crippen molar-refractivity contribution in [3.05, 3.63) is 47.0 Å². The molecular weight excluding hydrogens is 299 g/mol. The first-order valence-corrected chi connectivity index (χ1v) is 6.53. The molecule has 0 unspecified atom stereocenters. The quantitative estimate of drug-likeness (QED) is 0.926. The van der Waals surface area contributed by atoms with Crippen LogP contribution in [0, 0.1) is 5.82 Å². The van der Waals surface area contributed by atoms with Gasteiger partial charge in [0.05, 0.1) is 22.5 Å². The maximum atomic E-state index is 13.5. The number of carbonyl (C=O) groups is 1. The molecule has 1 aliphatic heterocycles. The van der Waals surface area contributed by atoms with E-state index in [0.29, 0.717) is 30.4 Å². The molecular formula is C14H10ClFN2O3. The van der Waals surface area contributed by atoms with Crippen LogP contribution in [0.4, 0.5) is 10.1 Å². The summed E-state index contributed by atoms with van der Waals surface area (Å²) in [4.78, 5) is 15.6. The minimum atomic E-state index is -0.705. The van der Waals surface area contributed by atoms with E-state index < -0.39 is 11.7 Å². The van der Waals surface area contributed by atoms with Crippen molar-refractivity contribution in [1.29, 1.82) is 0 Å². The largest absolute Gasteiger partial charge is 0.486 e. The fraction of sp³-hybridized carbons (Fsp3) is 0.143. The van der Waals surface area contributed by atoms with E-state index in [9.17, 15) is 9.18 Å². The highest BCUT2D eigenvalue weighted by Gasteiger charge is 2.18. The van der Waals surface area contributed by atoms with Gasteiger partial charge in [-0.05, 0) is 6.07 Å². The van der Waals surface area contributed by atoms with E-state index in [1.807, 2.05) is 0 Å². The number of rotatable bonds is 2. The van der Waals surface area contributed by atoms with Crippen molar-refractivity contribution < 1.29 is 18.7 Å². The van der Waals surface area contributed by atoms with Crippen LogP contribution >= 0.6 is 11.6 Å². The lowest BCUT2D eigenvalue weighted by molar-refractivity contribution is 0.102. The molecule has 1 aromatic carbocycles. The Morgan fingerprint density at radius 2 is 2.00 bits per heavy atom. The summed E-state index contributed by atoms with van der Waals surface area (Å²) in [5.74, 6) is -0.326. The Bertz CT molecular complexity index is 709. The fourth-order valence-electron chi connectivity index (χ4n) is 1.91. The first-order chi connectivity index (χ1) is 10.1. The second kappa shape index (κ2) is 5.57. The van der Waals surface area contributed by atoms with E-state index in [2.05, 4.69) is 10.3 Å². The number of anilines is 1. The number of carbonyl (C=O) groups excluding carboxylic acids is 1. The Balaban J connectivity index is 1.88. The second-order valence-electron chi connectivity index (χ2n) is 4.29. The lowest BCUT2D eigenvalue weighted by Crippen LogP contribution is -2.17. The fourth-order valence-corrected chi connectivity index (χ4v) is 2.11. The minimum Gasteiger partial charge on any atom is -0.486 e. The summed E-state index contributed by atoms with van der Waals surface area (Å²) in [6, 6.07) is 4.39. The van der Waals surface area contributed by atoms with Crippen LogP contribution in [0.5, 0.6) is 11.5 Å². The Hall–Kier alpha value is -2.34. The van der Waals surface area contributed by atoms with Gasteiger partial charge in [-0.15, -0.1) is 0 Å². The number of nitrogens with one attached hydrogen (secondary N) is 1. The lowest BCUT2D eigenvalue weighted by atomic mass is 10.2. The topological polar surface area (TPSA) is 60.5 Å². The Kier molecular flexibility index (Phi) is 3.62. The van der Waals surface area contributed by atoms with Gasteiger partial charge in [0.25, 0.3) is 5.91 Å². The summed E-state index contributed by atoms with van der Waals surface area (Å²) in [7, 11) is 0. The molecule has 0 radical (unpaired) electrons. The predicted molar refractivity (Wildman–Crippen MR) is 74.6 cm³/mol. The maximum absolute atomic E-state index is 13.5. The third kappa shape index (κ3) is 2.75. The van der Waals surface area contributed by atoms with Crippen LogP contribution in [-0.2, 0) is 0 Å². The van der Waals surface area contributed by atoms with Crippen LogP contribution in [-0.4, -0.2) is 24.1 Å². The van der Waals surface area contributed by atoms with Gasteiger partial charge in [-0.3, -0.25) is 9.78 Å². The zero-order chi connectivity index (χ0) is 14.8. The first-order valence-electron chi connectivity index (χ1n) is 6.15. The number of hydrogen-bond donors (Lipinski definition) is 1. The van der Waals surface area contributed by atoms with Crippen molar-refractivity contribution in [3.63, 3.8) is 0 Å². The summed E-state index contributed by atoms with van der Waals surface area (Å²) in [6.07, 6.45) is 2.31. The number of amides is 1. The van der Waals surface area contributed by atoms with Gasteiger partial charge in [0, 0.05) is 18.3 Å². The van der Waals surface area contributed by atoms with Crippen LogP contribution in [0.15, 0.2) is 30.6 Å². The van der Waals surface area contributed by atoms with Crippen molar-refractivity contribution in [2.24, 2.45) is 0 Å². The van der Waals surface area contributed by atoms with Crippen molar-refractivity contribution in [1.82, 2.24) is 4.98 Å². The standard InChI is InChI=1S/C14H10ClFN2O3/c15-9-5-12-13(21-4-3-20-12)6-11(9)18-14(19)8-1-2-17-7-10(8)16/h1-2,5-7H,3-4H2,(H,18,19). The SMILES string of the molecule is O=C(Nc1cc2c(cc1Cl)OCCO2)c1ccncc1F. The highest BCUT2D eigenvalue weighted by atomic mass is 35.5. The zero-order valence-corrected chi connectivity index (χ0v) is 11.5. The molecule has 7 heteroatoms. The first kappa shape index (κ1) is 13.6. The van der Waals surface area contributed by atoms with E-state index >= 15 is 0 Å². The van der Waals surface area contributed by atoms with Crippen molar-refractivity contribution in [2.45, 2.75) is 0 Å². The van der Waals surface area contributed by atoms with Gasteiger partial charge >= 0.3 is 0 Å². The van der Waals surface area contributed by atoms with Crippen LogP contribution in [0.25, 0.3) is 0 Å². The van der Waals surface area contributed by atoms with Gasteiger partial charge < -0.3 is 14.8 Å². The monoisotopic (exact) mass is 308 g/mol. The molecule has 0 aliphatic carbocycles. The maximum Gasteiger partial charge on any atom is 0.258 e. The zero-order valence-electron chi connectivity index (χ0n) is 10.7. The molecule has 0 saturated heterocycles. The number of pyridine rings is 1. The van der Waals surface area contributed by atoms with Crippen molar-refractivity contribution in [3.8, 4) is 11.5 Å². The van der Waals surface area contributed by atoms with E-state index in [1.54, 1.807) is 12.1 Å². The minimum absolute atomic E-state index is 0.115. The summed E-state index contributed by atoms with van der Waals surface area (Å²) >= 11 is 6.08. The molecule has 1 amide bonds. The van der Waals surface area contributed by atoms with Gasteiger partial charge in [-0.1, -0.05) is 11.6 Å². The van der Waals surface area contributed by atoms with Crippen LogP contribution in [0.3, 0.4) is 0 Å². The molecule has 1 aliphatic rings. The smallest absolute Gasteiger partial charge is 0.258 e. The molecule has 21 heavy (non-hydrogen) atoms. The summed E-state index contributed by atoms with van der Waals surface area (Å²) in [6.45, 7) is 0.859. The van der Waals surface area contributed by atoms with Gasteiger partial charge in [0.2, 0.25) is 0 Å². The Morgan fingerprint density at radius 1 is 1.29 bits per heavy atom. The number of hydrogen-bond acceptors (Lipinski definition) is 4. The molecule has 1 aromatic heterocycles. The van der Waals surface area contributed by atoms with E-state index in [0.717, 1.165) is 6.20 Å². The van der Waals surface area contributed by atoms with E-state index in [4.69, 9.17) is 21.1 Å². The third-order valence-corrected chi connectivity index (χ3v) is 3.21. The number of halogens is 2. The molecule has 5 nitrogen and oxygen atoms in total. The molecule has 0 saturated carbocycles. The van der Waals surface area contributed by atoms with Crippen LogP contribution in [0.1, 0.15) is 10.4 Å². The number of fused-ring (bicyclic) bond motifs is 1. The summed E-state index contributed by atoms with van der Waals surface area (Å²) < 4.78 is 24.3. The Morgan fingerprint density at radius 3 is 2.71 bits per heavy atom. The van der Waals surface area contributed by atoms with E-state index in [1.165, 1.54) is 12.3 Å². The van der Waals surface area contributed by atoms with Crippen molar-refractivity contribution in [2.75, 3.05) is 18.5 Å². The molecule has 0 atom stereocenters. The summed E-state index contributed by atoms with van der Waals surface area (Å²) in [5.41, 5.74) is 0.207. The van der Waals surface area contributed by atoms with Gasteiger partial charge in [-0.2, -0.15) is 0 Å². The van der Waals surface area contributed by atoms with Crippen molar-refractivity contribution >= 4 is 23.2 Å². The van der Waals surface area contributed by atoms with E-state index in [-0.39, 0.29) is 10.6 Å². The molecule has 0 spiro atoms. The van der Waals surface area contributed by atoms with Gasteiger partial charge in [0.15, 0.2) is 17.3 Å². The molecule has 0 bridgehead atoms. The average molecular weight is 309 g/mol. The number of nitrogens with zero attached hydrogens (tertiary/aromatic N) is 1.